The average Bonchev–Trinajstić information content (AvgIpc) is 2.93. The Bertz CT molecular complexity index is 1330. The number of hydrogen-bond acceptors (Lipinski definition) is 8. The molecule has 2 fully saturated rings. The van der Waals surface area contributed by atoms with Gasteiger partial charge in [-0.1, -0.05) is 30.3 Å². The Morgan fingerprint density at radius 3 is 2.33 bits per heavy atom. The second-order valence-corrected chi connectivity index (χ2v) is 10.1. The van der Waals surface area contributed by atoms with Crippen molar-refractivity contribution in [2.24, 2.45) is 0 Å². The highest BCUT2D eigenvalue weighted by Crippen LogP contribution is 2.24. The standard InChI is InChI=1S/C28H32N8O3S/c1-33-19-36(20-33)35-15-13-34(14-16-35)28(38)31-25-18-24(11-12-29-25)39-23-9-7-22(8-10-23)30-27(40)32-26(37)17-21-5-3-2-4-6-21/h2-12,18H,13-17,19-20H2,1H3,(H,29,31,38)(H2,30,32,37,40). The van der Waals surface area contributed by atoms with Gasteiger partial charge in [-0.3, -0.25) is 15.0 Å². The lowest BCUT2D eigenvalue weighted by atomic mass is 10.1. The number of pyridine rings is 1. The number of aromatic nitrogens is 1. The predicted octanol–water partition coefficient (Wildman–Crippen LogP) is 3.16. The van der Waals surface area contributed by atoms with Crippen LogP contribution < -0.4 is 20.7 Å². The number of urea groups is 1. The molecule has 0 radical (unpaired) electrons. The molecular formula is C28H32N8O3S. The zero-order valence-electron chi connectivity index (χ0n) is 22.2. The summed E-state index contributed by atoms with van der Waals surface area (Å²) in [6, 6.07) is 19.9. The first-order valence-corrected chi connectivity index (χ1v) is 13.4. The number of rotatable bonds is 7. The topological polar surface area (TPSA) is 105 Å². The molecule has 3 aromatic rings. The van der Waals surface area contributed by atoms with Crippen LogP contribution in [0.15, 0.2) is 72.9 Å². The fourth-order valence-corrected chi connectivity index (χ4v) is 4.70. The van der Waals surface area contributed by atoms with Crippen molar-refractivity contribution in [2.45, 2.75) is 6.42 Å². The largest absolute Gasteiger partial charge is 0.457 e. The van der Waals surface area contributed by atoms with E-state index < -0.39 is 0 Å². The van der Waals surface area contributed by atoms with Gasteiger partial charge in [-0.15, -0.1) is 0 Å². The highest BCUT2D eigenvalue weighted by atomic mass is 32.1. The minimum absolute atomic E-state index is 0.174. The molecule has 0 bridgehead atoms. The number of hydrazine groups is 1. The van der Waals surface area contributed by atoms with Gasteiger partial charge in [0.2, 0.25) is 5.91 Å². The van der Waals surface area contributed by atoms with E-state index in [0.717, 1.165) is 32.0 Å². The predicted molar refractivity (Wildman–Crippen MR) is 157 cm³/mol. The lowest BCUT2D eigenvalue weighted by molar-refractivity contribution is -0.172. The Labute approximate surface area is 238 Å². The number of carbonyl (C=O) groups is 2. The van der Waals surface area contributed by atoms with Crippen LogP contribution in [0.5, 0.6) is 11.5 Å². The molecule has 11 nitrogen and oxygen atoms in total. The molecule has 3 heterocycles. The van der Waals surface area contributed by atoms with Crippen LogP contribution in [-0.4, -0.2) is 88.4 Å². The molecule has 0 saturated carbocycles. The number of benzene rings is 2. The molecule has 2 saturated heterocycles. The normalized spacial score (nSPS) is 16.1. The van der Waals surface area contributed by atoms with Gasteiger partial charge in [0.25, 0.3) is 0 Å². The molecule has 40 heavy (non-hydrogen) atoms. The van der Waals surface area contributed by atoms with Crippen molar-refractivity contribution in [2.75, 3.05) is 57.2 Å². The van der Waals surface area contributed by atoms with E-state index in [-0.39, 0.29) is 23.5 Å². The average molecular weight is 561 g/mol. The Kier molecular flexibility index (Phi) is 8.81. The van der Waals surface area contributed by atoms with E-state index in [1.165, 1.54) is 0 Å². The summed E-state index contributed by atoms with van der Waals surface area (Å²) in [5.74, 6) is 1.37. The molecule has 2 aliphatic rings. The molecule has 0 aliphatic carbocycles. The third kappa shape index (κ3) is 7.51. The molecule has 0 spiro atoms. The maximum Gasteiger partial charge on any atom is 0.323 e. The summed E-state index contributed by atoms with van der Waals surface area (Å²) in [5, 5.41) is 13.4. The first-order chi connectivity index (χ1) is 19.4. The summed E-state index contributed by atoms with van der Waals surface area (Å²) in [6.07, 6.45) is 1.84. The van der Waals surface area contributed by atoms with Gasteiger partial charge in [0, 0.05) is 44.1 Å². The third-order valence-corrected chi connectivity index (χ3v) is 6.73. The van der Waals surface area contributed by atoms with Gasteiger partial charge in [0.15, 0.2) is 5.11 Å². The maximum absolute atomic E-state index is 12.8. The summed E-state index contributed by atoms with van der Waals surface area (Å²) < 4.78 is 5.95. The number of nitrogens with zero attached hydrogens (tertiary/aromatic N) is 5. The van der Waals surface area contributed by atoms with Crippen molar-refractivity contribution in [1.82, 2.24) is 30.1 Å². The second-order valence-electron chi connectivity index (χ2n) is 9.68. The van der Waals surface area contributed by atoms with Crippen LogP contribution in [0.4, 0.5) is 16.3 Å². The zero-order valence-corrected chi connectivity index (χ0v) is 23.1. The number of piperazine rings is 1. The molecule has 3 amide bonds. The Hall–Kier alpha value is -4.10. The number of ether oxygens (including phenoxy) is 1. The summed E-state index contributed by atoms with van der Waals surface area (Å²) in [5.41, 5.74) is 1.62. The fourth-order valence-electron chi connectivity index (χ4n) is 4.47. The maximum atomic E-state index is 12.8. The number of thiocarbonyl (C=S) groups is 1. The van der Waals surface area contributed by atoms with E-state index in [4.69, 9.17) is 17.0 Å². The molecule has 2 aliphatic heterocycles. The molecule has 0 unspecified atom stereocenters. The lowest BCUT2D eigenvalue weighted by Gasteiger charge is -2.49. The van der Waals surface area contributed by atoms with Crippen molar-refractivity contribution in [3.8, 4) is 11.5 Å². The van der Waals surface area contributed by atoms with E-state index in [1.807, 2.05) is 30.3 Å². The van der Waals surface area contributed by atoms with E-state index in [1.54, 1.807) is 47.5 Å². The van der Waals surface area contributed by atoms with E-state index in [2.05, 4.69) is 42.9 Å². The third-order valence-electron chi connectivity index (χ3n) is 6.53. The first kappa shape index (κ1) is 27.5. The molecule has 12 heteroatoms. The van der Waals surface area contributed by atoms with E-state index in [9.17, 15) is 9.59 Å². The Morgan fingerprint density at radius 1 is 0.900 bits per heavy atom. The van der Waals surface area contributed by atoms with Crippen LogP contribution >= 0.6 is 12.2 Å². The fraction of sp³-hybridized carbons (Fsp3) is 0.286. The smallest absolute Gasteiger partial charge is 0.323 e. The van der Waals surface area contributed by atoms with Crippen LogP contribution in [-0.2, 0) is 11.2 Å². The van der Waals surface area contributed by atoms with Crippen molar-refractivity contribution in [3.05, 3.63) is 78.5 Å². The van der Waals surface area contributed by atoms with Gasteiger partial charge in [-0.25, -0.2) is 19.8 Å². The van der Waals surface area contributed by atoms with Gasteiger partial charge < -0.3 is 20.3 Å². The first-order valence-electron chi connectivity index (χ1n) is 13.0. The van der Waals surface area contributed by atoms with Gasteiger partial charge in [-0.2, -0.15) is 0 Å². The number of amides is 3. The van der Waals surface area contributed by atoms with Gasteiger partial charge in [0.1, 0.15) is 17.3 Å². The highest BCUT2D eigenvalue weighted by Gasteiger charge is 2.30. The SMILES string of the molecule is CN1CN(N2CCN(C(=O)Nc3cc(Oc4ccc(NC(=S)NC(=O)Cc5ccccc5)cc4)ccn3)CC2)C1. The van der Waals surface area contributed by atoms with Crippen LogP contribution in [0.25, 0.3) is 0 Å². The number of carbonyl (C=O) groups excluding carboxylic acids is 2. The Balaban J connectivity index is 1.07. The molecule has 3 N–H and O–H groups in total. The molecule has 1 aromatic heterocycles. The van der Waals surface area contributed by atoms with Crippen LogP contribution in [0, 0.1) is 0 Å². The zero-order chi connectivity index (χ0) is 27.9. The number of anilines is 2. The monoisotopic (exact) mass is 560 g/mol. The summed E-state index contributed by atoms with van der Waals surface area (Å²) >= 11 is 5.27. The molecular weight excluding hydrogens is 528 g/mol. The van der Waals surface area contributed by atoms with E-state index in [0.29, 0.717) is 36.1 Å². The van der Waals surface area contributed by atoms with Crippen molar-refractivity contribution >= 4 is 40.8 Å². The lowest BCUT2D eigenvalue weighted by Crippen LogP contribution is -2.64. The van der Waals surface area contributed by atoms with Gasteiger partial charge in [-0.05, 0) is 55.2 Å². The van der Waals surface area contributed by atoms with Crippen molar-refractivity contribution in [1.29, 1.82) is 0 Å². The van der Waals surface area contributed by atoms with Crippen molar-refractivity contribution < 1.29 is 14.3 Å². The molecule has 5 rings (SSSR count). The minimum Gasteiger partial charge on any atom is -0.457 e. The molecule has 208 valence electrons. The number of hydrogen-bond donors (Lipinski definition) is 3. The summed E-state index contributed by atoms with van der Waals surface area (Å²) in [4.78, 5) is 33.3. The van der Waals surface area contributed by atoms with Crippen LogP contribution in [0.3, 0.4) is 0 Å². The van der Waals surface area contributed by atoms with Gasteiger partial charge in [0.05, 0.1) is 19.8 Å². The minimum atomic E-state index is -0.189. The highest BCUT2D eigenvalue weighted by molar-refractivity contribution is 7.80. The van der Waals surface area contributed by atoms with Crippen molar-refractivity contribution in [3.63, 3.8) is 0 Å². The molecule has 0 atom stereocenters. The quantitative estimate of drug-likeness (QED) is 0.376. The summed E-state index contributed by atoms with van der Waals surface area (Å²) in [6.45, 7) is 4.80. The Morgan fingerprint density at radius 2 is 1.62 bits per heavy atom. The molecule has 2 aromatic carbocycles. The second kappa shape index (κ2) is 12.8. The van der Waals surface area contributed by atoms with E-state index >= 15 is 0 Å². The van der Waals surface area contributed by atoms with Crippen LogP contribution in [0.2, 0.25) is 0 Å². The van der Waals surface area contributed by atoms with Crippen LogP contribution in [0.1, 0.15) is 5.56 Å². The number of nitrogens with one attached hydrogen (secondary N) is 3. The summed E-state index contributed by atoms with van der Waals surface area (Å²) in [7, 11) is 2.09. The van der Waals surface area contributed by atoms with Gasteiger partial charge >= 0.3 is 6.03 Å².